The summed E-state index contributed by atoms with van der Waals surface area (Å²) in [5.74, 6) is -0.780. The summed E-state index contributed by atoms with van der Waals surface area (Å²) in [5.41, 5.74) is 1.34. The third kappa shape index (κ3) is 10.9. The van der Waals surface area contributed by atoms with E-state index in [0.29, 0.717) is 81.4 Å². The standard InChI is InChI=1S/C30H26Br6N4O4S4/c31-15-11-17(33)23(18(34)12-15)37-21(41)7-3-1-5-9-39-27(43)25(47-29(39)45)26-28(44)40(30(46)48-26)10-6-2-4-8-22(42)38-24-19(35)13-16(32)14-20(24)36/h11-14H,1-10H2,(H,37,41)(H,38,42)/b26-25+. The Labute approximate surface area is 348 Å². The lowest BCUT2D eigenvalue weighted by molar-refractivity contribution is -0.124. The van der Waals surface area contributed by atoms with E-state index in [2.05, 4.69) is 106 Å². The van der Waals surface area contributed by atoms with Crippen molar-refractivity contribution in [1.29, 1.82) is 0 Å². The molecule has 2 aromatic carbocycles. The highest BCUT2D eigenvalue weighted by molar-refractivity contribution is 9.12. The van der Waals surface area contributed by atoms with Crippen LogP contribution in [-0.4, -0.2) is 55.2 Å². The Balaban J connectivity index is 1.19. The number of anilines is 2. The van der Waals surface area contributed by atoms with Crippen molar-refractivity contribution in [2.45, 2.75) is 51.4 Å². The second-order valence-corrected chi connectivity index (χ2v) is 19.1. The Morgan fingerprint density at radius 2 is 0.917 bits per heavy atom. The van der Waals surface area contributed by atoms with Crippen LogP contribution in [0.5, 0.6) is 0 Å². The summed E-state index contributed by atoms with van der Waals surface area (Å²) in [5, 5.41) is 5.84. The molecule has 2 saturated heterocycles. The van der Waals surface area contributed by atoms with Crippen molar-refractivity contribution in [3.05, 3.63) is 60.9 Å². The largest absolute Gasteiger partial charge is 0.324 e. The van der Waals surface area contributed by atoms with Gasteiger partial charge in [0.1, 0.15) is 8.64 Å². The SMILES string of the molecule is O=C(CCCCCN1C(=O)/C(=C2\SC(=S)N(CCCCCC(=O)Nc3c(Br)cc(Br)cc3Br)C2=O)SC1=S)Nc1c(Br)cc(Br)cc1Br. The first kappa shape index (κ1) is 40.6. The first-order valence-corrected chi connectivity index (χ1v) is 21.7. The van der Waals surface area contributed by atoms with Gasteiger partial charge in [-0.1, -0.05) is 92.7 Å². The van der Waals surface area contributed by atoms with E-state index in [1.807, 2.05) is 24.3 Å². The average Bonchev–Trinajstić information content (AvgIpc) is 3.44. The number of rotatable bonds is 14. The molecule has 8 nitrogen and oxygen atoms in total. The maximum Gasteiger partial charge on any atom is 0.267 e. The predicted molar refractivity (Wildman–Crippen MR) is 224 cm³/mol. The van der Waals surface area contributed by atoms with E-state index >= 15 is 0 Å². The molecule has 0 saturated carbocycles. The molecule has 2 fully saturated rings. The van der Waals surface area contributed by atoms with Crippen LogP contribution in [0.1, 0.15) is 51.4 Å². The van der Waals surface area contributed by atoms with Crippen LogP contribution in [0.3, 0.4) is 0 Å². The highest BCUT2D eigenvalue weighted by atomic mass is 79.9. The van der Waals surface area contributed by atoms with Crippen molar-refractivity contribution in [3.63, 3.8) is 0 Å². The fourth-order valence-corrected chi connectivity index (χ4v) is 12.3. The Hall–Kier alpha value is -0.180. The molecule has 2 heterocycles. The molecule has 0 aliphatic carbocycles. The molecular formula is C30H26Br6N4O4S4. The zero-order chi connectivity index (χ0) is 35.1. The monoisotopic (exact) mass is 1110 g/mol. The minimum absolute atomic E-state index is 0.102. The van der Waals surface area contributed by atoms with Gasteiger partial charge in [0.15, 0.2) is 0 Å². The van der Waals surface area contributed by atoms with Crippen molar-refractivity contribution in [3.8, 4) is 0 Å². The molecule has 4 rings (SSSR count). The molecule has 48 heavy (non-hydrogen) atoms. The lowest BCUT2D eigenvalue weighted by Crippen LogP contribution is -2.31. The number of halogens is 6. The Kier molecular flexibility index (Phi) is 16.1. The molecule has 0 aromatic heterocycles. The van der Waals surface area contributed by atoms with Crippen molar-refractivity contribution in [1.82, 2.24) is 9.80 Å². The molecule has 2 N–H and O–H groups in total. The number of nitrogens with zero attached hydrogens (tertiary/aromatic N) is 2. The fourth-order valence-electron chi connectivity index (χ4n) is 4.65. The van der Waals surface area contributed by atoms with Gasteiger partial charge in [-0.15, -0.1) is 0 Å². The van der Waals surface area contributed by atoms with Crippen LogP contribution in [-0.2, 0) is 19.2 Å². The molecule has 18 heteroatoms. The van der Waals surface area contributed by atoms with E-state index in [1.165, 1.54) is 9.80 Å². The number of carbonyl (C=O) groups excluding carboxylic acids is 4. The summed E-state index contributed by atoms with van der Waals surface area (Å²) in [7, 11) is 0. The van der Waals surface area contributed by atoms with Gasteiger partial charge in [-0.3, -0.25) is 29.0 Å². The predicted octanol–water partition coefficient (Wildman–Crippen LogP) is 10.9. The smallest absolute Gasteiger partial charge is 0.267 e. The van der Waals surface area contributed by atoms with E-state index in [-0.39, 0.29) is 23.6 Å². The number of unbranched alkanes of at least 4 members (excludes halogenated alkanes) is 4. The summed E-state index contributed by atoms with van der Waals surface area (Å²) in [6.07, 6.45) is 4.75. The molecule has 4 amide bonds. The van der Waals surface area contributed by atoms with E-state index in [0.717, 1.165) is 63.2 Å². The molecule has 256 valence electrons. The summed E-state index contributed by atoms with van der Waals surface area (Å²) < 4.78 is 5.63. The van der Waals surface area contributed by atoms with Gasteiger partial charge in [0.2, 0.25) is 11.8 Å². The summed E-state index contributed by atoms with van der Waals surface area (Å²) in [6.45, 7) is 0.812. The minimum atomic E-state index is -0.289. The van der Waals surface area contributed by atoms with Gasteiger partial charge in [0, 0.05) is 52.8 Å². The van der Waals surface area contributed by atoms with Gasteiger partial charge >= 0.3 is 0 Å². The van der Waals surface area contributed by atoms with Crippen molar-refractivity contribution < 1.29 is 19.2 Å². The Morgan fingerprint density at radius 3 is 1.25 bits per heavy atom. The molecule has 0 radical (unpaired) electrons. The fraction of sp³-hybridized carbons (Fsp3) is 0.333. The van der Waals surface area contributed by atoms with E-state index < -0.39 is 0 Å². The van der Waals surface area contributed by atoms with Gasteiger partial charge in [-0.05, 0) is 114 Å². The first-order valence-electron chi connectivity index (χ1n) is 14.5. The zero-order valence-electron chi connectivity index (χ0n) is 24.8. The summed E-state index contributed by atoms with van der Waals surface area (Å²) >= 11 is 33.9. The molecule has 2 aromatic rings. The van der Waals surface area contributed by atoms with Gasteiger partial charge in [-0.25, -0.2) is 0 Å². The zero-order valence-corrected chi connectivity index (χ0v) is 37.6. The molecule has 0 spiro atoms. The van der Waals surface area contributed by atoms with Crippen LogP contribution < -0.4 is 10.6 Å². The maximum atomic E-state index is 13.3. The van der Waals surface area contributed by atoms with Crippen LogP contribution in [0.15, 0.2) is 60.9 Å². The number of hydrogen-bond donors (Lipinski definition) is 2. The molecule has 0 unspecified atom stereocenters. The number of nitrogens with one attached hydrogen (secondary N) is 2. The second-order valence-electron chi connectivity index (χ2n) is 10.5. The summed E-state index contributed by atoms with van der Waals surface area (Å²) in [4.78, 5) is 55.2. The number of amides is 4. The lowest BCUT2D eigenvalue weighted by atomic mass is 10.1. The Morgan fingerprint density at radius 1 is 0.583 bits per heavy atom. The second kappa shape index (κ2) is 19.1. The van der Waals surface area contributed by atoms with Crippen molar-refractivity contribution in [2.75, 3.05) is 23.7 Å². The van der Waals surface area contributed by atoms with Crippen LogP contribution in [0.25, 0.3) is 0 Å². The molecule has 2 aliphatic rings. The first-order chi connectivity index (χ1) is 22.8. The topological polar surface area (TPSA) is 98.8 Å². The number of carbonyl (C=O) groups is 4. The van der Waals surface area contributed by atoms with Crippen LogP contribution >= 0.6 is 144 Å². The Bertz CT molecular complexity index is 1540. The van der Waals surface area contributed by atoms with Gasteiger partial charge < -0.3 is 10.6 Å². The van der Waals surface area contributed by atoms with Gasteiger partial charge in [0.25, 0.3) is 11.8 Å². The quantitative estimate of drug-likeness (QED) is 0.110. The molecule has 0 atom stereocenters. The van der Waals surface area contributed by atoms with Gasteiger partial charge in [0.05, 0.1) is 21.2 Å². The molecular weight excluding hydrogens is 1090 g/mol. The van der Waals surface area contributed by atoms with Gasteiger partial charge in [-0.2, -0.15) is 0 Å². The third-order valence-corrected chi connectivity index (χ3v) is 13.5. The van der Waals surface area contributed by atoms with Crippen molar-refractivity contribution >= 4 is 187 Å². The minimum Gasteiger partial charge on any atom is -0.324 e. The van der Waals surface area contributed by atoms with Crippen molar-refractivity contribution in [2.24, 2.45) is 0 Å². The van der Waals surface area contributed by atoms with Crippen LogP contribution in [0.4, 0.5) is 11.4 Å². The normalized spacial score (nSPS) is 16.4. The number of thiocarbonyl (C=S) groups is 2. The average molecular weight is 1110 g/mol. The van der Waals surface area contributed by atoms with E-state index in [1.54, 1.807) is 0 Å². The third-order valence-electron chi connectivity index (χ3n) is 7.02. The summed E-state index contributed by atoms with van der Waals surface area (Å²) in [6, 6.07) is 7.43. The number of thioether (sulfide) groups is 2. The van der Waals surface area contributed by atoms with E-state index in [9.17, 15) is 19.2 Å². The number of hydrogen-bond acceptors (Lipinski definition) is 8. The van der Waals surface area contributed by atoms with Crippen LogP contribution in [0, 0.1) is 0 Å². The molecule has 2 aliphatic heterocycles. The molecule has 0 bridgehead atoms. The highest BCUT2D eigenvalue weighted by Crippen LogP contribution is 2.42. The lowest BCUT2D eigenvalue weighted by Gasteiger charge is -2.15. The van der Waals surface area contributed by atoms with E-state index in [4.69, 9.17) is 24.4 Å². The van der Waals surface area contributed by atoms with Crippen LogP contribution in [0.2, 0.25) is 0 Å². The maximum absolute atomic E-state index is 13.3. The number of benzene rings is 2. The highest BCUT2D eigenvalue weighted by Gasteiger charge is 2.41.